The maximum absolute atomic E-state index is 12.9. The van der Waals surface area contributed by atoms with Gasteiger partial charge in [0.05, 0.1) is 30.8 Å². The fourth-order valence-electron chi connectivity index (χ4n) is 5.39. The van der Waals surface area contributed by atoms with E-state index in [0.29, 0.717) is 12.5 Å². The number of halogens is 2. The number of nitrogens with zero attached hydrogens (tertiary/aromatic N) is 6. The minimum Gasteiger partial charge on any atom is -1.00 e. The van der Waals surface area contributed by atoms with Crippen LogP contribution in [0.5, 0.6) is 0 Å². The van der Waals surface area contributed by atoms with Crippen molar-refractivity contribution in [2.75, 3.05) is 26.2 Å². The second-order valence-electron chi connectivity index (χ2n) is 11.0. The Morgan fingerprint density at radius 3 is 2.74 bits per heavy atom. The minimum atomic E-state index is 0. The Labute approximate surface area is 224 Å². The van der Waals surface area contributed by atoms with Gasteiger partial charge in [0.2, 0.25) is 0 Å². The molecule has 2 aromatic rings. The summed E-state index contributed by atoms with van der Waals surface area (Å²) < 4.78 is 3.57. The summed E-state index contributed by atoms with van der Waals surface area (Å²) in [5.41, 5.74) is 2.15. The summed E-state index contributed by atoms with van der Waals surface area (Å²) in [7, 11) is 1.84. The molecule has 3 aliphatic heterocycles. The molecule has 0 bridgehead atoms. The Kier molecular flexibility index (Phi) is 8.62. The van der Waals surface area contributed by atoms with E-state index in [1.54, 1.807) is 4.57 Å². The Hall–Kier alpha value is -1.61. The lowest BCUT2D eigenvalue weighted by Gasteiger charge is -2.34. The molecule has 0 saturated carbocycles. The lowest BCUT2D eigenvalue weighted by molar-refractivity contribution is -0.00000803. The van der Waals surface area contributed by atoms with Crippen LogP contribution in [0.4, 0.5) is 0 Å². The van der Waals surface area contributed by atoms with E-state index in [9.17, 15) is 4.79 Å². The van der Waals surface area contributed by atoms with E-state index >= 15 is 0 Å². The van der Waals surface area contributed by atoms with Crippen LogP contribution in [-0.2, 0) is 26.6 Å². The van der Waals surface area contributed by atoms with E-state index in [1.165, 1.54) is 28.4 Å². The van der Waals surface area contributed by atoms with Gasteiger partial charge in [0.15, 0.2) is 0 Å². The SMILES string of the molecule is Cc1nc2c(s1)CN(CC1CCCN(C3=CC=c4c(n(C)c(=O)n4CC(C)(C)C)=[N+]3)C1)CC2.Cl.[Cl-]. The second kappa shape index (κ2) is 10.8. The molecule has 7 nitrogen and oxygen atoms in total. The third kappa shape index (κ3) is 5.87. The molecular formula is C25H37Cl2N6OS. The van der Waals surface area contributed by atoms with Crippen molar-refractivity contribution < 1.29 is 12.4 Å². The highest BCUT2D eigenvalue weighted by molar-refractivity contribution is 7.11. The average Bonchev–Trinajstić information content (AvgIpc) is 3.24. The normalized spacial score (nSPS) is 20.0. The summed E-state index contributed by atoms with van der Waals surface area (Å²) in [5.74, 6) is 1.64. The first-order chi connectivity index (χ1) is 15.7. The van der Waals surface area contributed by atoms with Crippen LogP contribution in [0, 0.1) is 18.3 Å². The van der Waals surface area contributed by atoms with Gasteiger partial charge in [-0.3, -0.25) is 14.4 Å². The van der Waals surface area contributed by atoms with Gasteiger partial charge in [-0.2, -0.15) is 0 Å². The van der Waals surface area contributed by atoms with Crippen LogP contribution in [0.25, 0.3) is 6.08 Å². The van der Waals surface area contributed by atoms with Crippen LogP contribution in [0.1, 0.15) is 49.2 Å². The molecule has 1 saturated heterocycles. The van der Waals surface area contributed by atoms with Crippen molar-refractivity contribution in [3.05, 3.63) is 48.8 Å². The van der Waals surface area contributed by atoms with Gasteiger partial charge in [-0.1, -0.05) is 25.8 Å². The van der Waals surface area contributed by atoms with Crippen molar-refractivity contribution in [1.29, 1.82) is 0 Å². The highest BCUT2D eigenvalue weighted by Crippen LogP contribution is 2.27. The first-order valence-corrected chi connectivity index (χ1v) is 13.0. The van der Waals surface area contributed by atoms with E-state index in [2.05, 4.69) is 49.6 Å². The second-order valence-corrected chi connectivity index (χ2v) is 12.3. The summed E-state index contributed by atoms with van der Waals surface area (Å²) >= 11 is 1.86. The van der Waals surface area contributed by atoms with Crippen molar-refractivity contribution in [2.45, 2.75) is 60.0 Å². The smallest absolute Gasteiger partial charge is 0.386 e. The number of hydrogen-bond donors (Lipinski definition) is 0. The number of fused-ring (bicyclic) bond motifs is 2. The van der Waals surface area contributed by atoms with Crippen LogP contribution in [0.3, 0.4) is 0 Å². The van der Waals surface area contributed by atoms with Gasteiger partial charge in [-0.25, -0.2) is 14.3 Å². The number of thiazole rings is 1. The van der Waals surface area contributed by atoms with Crippen molar-refractivity contribution in [1.82, 2.24) is 28.9 Å². The van der Waals surface area contributed by atoms with Crippen LogP contribution in [-0.4, -0.2) is 50.1 Å². The molecule has 0 spiro atoms. The largest absolute Gasteiger partial charge is 1.00 e. The van der Waals surface area contributed by atoms with Gasteiger partial charge >= 0.3 is 5.69 Å². The Bertz CT molecular complexity index is 1270. The van der Waals surface area contributed by atoms with E-state index in [-0.39, 0.29) is 35.9 Å². The molecule has 1 atom stereocenters. The van der Waals surface area contributed by atoms with E-state index in [0.717, 1.165) is 55.8 Å². The number of likely N-dealkylation sites (tertiary alicyclic amines) is 1. The monoisotopic (exact) mass is 539 g/mol. The maximum atomic E-state index is 12.9. The topological polar surface area (TPSA) is 60.4 Å². The number of rotatable bonds is 4. The zero-order valence-electron chi connectivity index (χ0n) is 21.4. The molecule has 193 valence electrons. The first kappa shape index (κ1) is 28.0. The lowest BCUT2D eigenvalue weighted by Crippen LogP contribution is -3.00. The van der Waals surface area contributed by atoms with Crippen molar-refractivity contribution in [3.63, 3.8) is 0 Å². The molecule has 0 amide bonds. The average molecular weight is 541 g/mol. The van der Waals surface area contributed by atoms with Crippen molar-refractivity contribution in [2.24, 2.45) is 18.4 Å². The molecule has 3 aliphatic rings. The van der Waals surface area contributed by atoms with E-state index in [1.807, 2.05) is 23.0 Å². The third-order valence-electron chi connectivity index (χ3n) is 6.88. The number of aromatic nitrogens is 3. The maximum Gasteiger partial charge on any atom is 0.386 e. The lowest BCUT2D eigenvalue weighted by atomic mass is 9.96. The summed E-state index contributed by atoms with van der Waals surface area (Å²) in [4.78, 5) is 29.0. The van der Waals surface area contributed by atoms with E-state index < -0.39 is 0 Å². The van der Waals surface area contributed by atoms with Crippen LogP contribution in [0.2, 0.25) is 0 Å². The molecule has 0 aromatic carbocycles. The quantitative estimate of drug-likeness (QED) is 0.489. The minimum absolute atomic E-state index is 0. The zero-order chi connectivity index (χ0) is 23.3. The van der Waals surface area contributed by atoms with Gasteiger partial charge in [0.25, 0.3) is 11.3 Å². The van der Waals surface area contributed by atoms with Gasteiger partial charge < -0.3 is 12.4 Å². The third-order valence-corrected chi connectivity index (χ3v) is 7.87. The molecule has 5 rings (SSSR count). The molecule has 0 N–H and O–H groups in total. The molecule has 1 radical (unpaired) electrons. The molecule has 10 heteroatoms. The van der Waals surface area contributed by atoms with Crippen LogP contribution < -0.4 is 33.9 Å². The van der Waals surface area contributed by atoms with Gasteiger partial charge in [0, 0.05) is 49.5 Å². The number of aryl methyl sites for hydroxylation is 1. The molecular weight excluding hydrogens is 503 g/mol. The molecule has 5 heterocycles. The van der Waals surface area contributed by atoms with Gasteiger partial charge in [-0.05, 0) is 31.3 Å². The van der Waals surface area contributed by atoms with Crippen molar-refractivity contribution >= 4 is 29.8 Å². The Balaban J connectivity index is 0.00000171. The highest BCUT2D eigenvalue weighted by Gasteiger charge is 2.30. The molecule has 2 aromatic heterocycles. The summed E-state index contributed by atoms with van der Waals surface area (Å²) in [6.07, 6.45) is 7.73. The fourth-order valence-corrected chi connectivity index (χ4v) is 6.41. The number of allylic oxidation sites excluding steroid dienone is 1. The first-order valence-electron chi connectivity index (χ1n) is 12.2. The molecule has 0 aliphatic carbocycles. The summed E-state index contributed by atoms with van der Waals surface area (Å²) in [6.45, 7) is 14.6. The standard InChI is InChI=1S/C25H36N6OS.2ClH/c1-17-26-19-10-12-29(15-21(19)33-17)13-18-7-6-11-30(14-18)22-9-8-20-23(27-22)28(5)24(32)31(20)16-25(2,3)4;;/h8-9,18H,6-7,10-16H2,1-5H3;2*1H/q+1;;/p-1. The predicted molar refractivity (Wildman–Crippen MR) is 140 cm³/mol. The summed E-state index contributed by atoms with van der Waals surface area (Å²) in [6, 6.07) is 0. The number of imidazole rings is 1. The number of hydrogen-bond acceptors (Lipinski definition) is 6. The fraction of sp³-hybridized carbons (Fsp3) is 0.640. The zero-order valence-corrected chi connectivity index (χ0v) is 23.8. The van der Waals surface area contributed by atoms with Gasteiger partial charge in [0.1, 0.15) is 5.35 Å². The molecule has 1 fully saturated rings. The van der Waals surface area contributed by atoms with Gasteiger partial charge in [-0.15, -0.1) is 23.7 Å². The molecule has 35 heavy (non-hydrogen) atoms. The number of piperidine rings is 1. The molecule has 1 unspecified atom stereocenters. The summed E-state index contributed by atoms with van der Waals surface area (Å²) in [5, 5.41) is 2.12. The highest BCUT2D eigenvalue weighted by atomic mass is 35.5. The Morgan fingerprint density at radius 2 is 2.00 bits per heavy atom. The van der Waals surface area contributed by atoms with Crippen LogP contribution >= 0.6 is 23.7 Å². The Morgan fingerprint density at radius 1 is 1.23 bits per heavy atom. The predicted octanol–water partition coefficient (Wildman–Crippen LogP) is -1.22. The van der Waals surface area contributed by atoms with Crippen LogP contribution in [0.15, 0.2) is 16.7 Å². The van der Waals surface area contributed by atoms with Crippen molar-refractivity contribution in [3.8, 4) is 0 Å². The van der Waals surface area contributed by atoms with E-state index in [4.69, 9.17) is 9.98 Å².